The molecule has 0 atom stereocenters. The highest BCUT2D eigenvalue weighted by atomic mass is 32.2. The molecule has 0 saturated carbocycles. The second-order valence-corrected chi connectivity index (χ2v) is 6.39. The van der Waals surface area contributed by atoms with E-state index < -0.39 is 0 Å². The molecule has 0 aromatic heterocycles. The van der Waals surface area contributed by atoms with Crippen LogP contribution in [0, 0.1) is 0 Å². The number of benzene rings is 1. The maximum Gasteiger partial charge on any atom is 0.213 e. The van der Waals surface area contributed by atoms with Gasteiger partial charge in [-0.1, -0.05) is 6.92 Å². The van der Waals surface area contributed by atoms with Crippen LogP contribution in [0.25, 0.3) is 0 Å². The monoisotopic (exact) mass is 308 g/mol. The minimum absolute atomic E-state index is 0.848. The van der Waals surface area contributed by atoms with Gasteiger partial charge in [0.15, 0.2) is 0 Å². The van der Waals surface area contributed by atoms with Crippen molar-refractivity contribution in [1.82, 2.24) is 0 Å². The molecule has 1 fully saturated rings. The minimum Gasteiger partial charge on any atom is -0.495 e. The van der Waals surface area contributed by atoms with Crippen LogP contribution in [0.15, 0.2) is 17.0 Å². The predicted molar refractivity (Wildman–Crippen MR) is 89.9 cm³/mol. The zero-order chi connectivity index (χ0) is 15.2. The number of ether oxygens (including phenoxy) is 1. The van der Waals surface area contributed by atoms with E-state index in [9.17, 15) is 4.79 Å². The highest BCUT2D eigenvalue weighted by Gasteiger charge is 2.20. The van der Waals surface area contributed by atoms with Crippen LogP contribution in [-0.4, -0.2) is 39.4 Å². The predicted octanol–water partition coefficient (Wildman–Crippen LogP) is 3.39. The molecular formula is C16H24N2O2S. The van der Waals surface area contributed by atoms with E-state index in [1.54, 1.807) is 30.8 Å². The fourth-order valence-electron chi connectivity index (χ4n) is 2.57. The van der Waals surface area contributed by atoms with E-state index in [1.165, 1.54) is 12.8 Å². The van der Waals surface area contributed by atoms with Crippen LogP contribution in [0.3, 0.4) is 0 Å². The Hall–Kier alpha value is -1.36. The van der Waals surface area contributed by atoms with Gasteiger partial charge < -0.3 is 14.5 Å². The number of hydrogen-bond donors (Lipinski definition) is 0. The molecule has 0 spiro atoms. The minimum atomic E-state index is 0.848. The van der Waals surface area contributed by atoms with Crippen LogP contribution >= 0.6 is 11.8 Å². The Balaban J connectivity index is 2.42. The van der Waals surface area contributed by atoms with E-state index in [1.807, 2.05) is 6.07 Å². The molecule has 2 rings (SSSR count). The number of hydrogen-bond acceptors (Lipinski definition) is 4. The molecule has 0 aliphatic carbocycles. The zero-order valence-corrected chi connectivity index (χ0v) is 13.9. The van der Waals surface area contributed by atoms with Crippen LogP contribution in [0.4, 0.5) is 11.4 Å². The highest BCUT2D eigenvalue weighted by molar-refractivity contribution is 7.99. The fraction of sp³-hybridized carbons (Fsp3) is 0.562. The summed E-state index contributed by atoms with van der Waals surface area (Å²) in [6, 6.07) is 4.17. The molecule has 1 heterocycles. The quantitative estimate of drug-likeness (QED) is 0.571. The smallest absolute Gasteiger partial charge is 0.213 e. The number of carbonyl (C=O) groups is 1. The first-order chi connectivity index (χ1) is 10.2. The highest BCUT2D eigenvalue weighted by Crippen LogP contribution is 2.41. The first-order valence-electron chi connectivity index (χ1n) is 7.49. The summed E-state index contributed by atoms with van der Waals surface area (Å²) in [6.07, 6.45) is 4.42. The summed E-state index contributed by atoms with van der Waals surface area (Å²) in [4.78, 5) is 16.3. The molecule has 4 nitrogen and oxygen atoms in total. The van der Waals surface area contributed by atoms with Crippen molar-refractivity contribution in [1.29, 1.82) is 0 Å². The molecule has 1 aliphatic rings. The normalized spacial score (nSPS) is 14.3. The molecule has 1 amide bonds. The van der Waals surface area contributed by atoms with Gasteiger partial charge in [0.05, 0.1) is 18.5 Å². The lowest BCUT2D eigenvalue weighted by atomic mass is 10.2. The van der Waals surface area contributed by atoms with Gasteiger partial charge in [-0.05, 0) is 31.1 Å². The molecule has 0 N–H and O–H groups in total. The van der Waals surface area contributed by atoms with Crippen molar-refractivity contribution >= 4 is 29.5 Å². The van der Waals surface area contributed by atoms with Gasteiger partial charge >= 0.3 is 0 Å². The Bertz CT molecular complexity index is 487. The van der Waals surface area contributed by atoms with Crippen LogP contribution in [0.1, 0.15) is 26.2 Å². The van der Waals surface area contributed by atoms with Gasteiger partial charge in [0, 0.05) is 31.1 Å². The summed E-state index contributed by atoms with van der Waals surface area (Å²) in [5, 5.41) is 0. The molecule has 5 heteroatoms. The maximum atomic E-state index is 11.1. The van der Waals surface area contributed by atoms with Crippen LogP contribution in [0.5, 0.6) is 5.75 Å². The molecule has 1 aliphatic heterocycles. The number of methoxy groups -OCH3 is 1. The molecule has 1 saturated heterocycles. The zero-order valence-electron chi connectivity index (χ0n) is 13.1. The van der Waals surface area contributed by atoms with Gasteiger partial charge in [-0.25, -0.2) is 0 Å². The third-order valence-corrected chi connectivity index (χ3v) is 4.96. The van der Waals surface area contributed by atoms with Crippen molar-refractivity contribution in [2.45, 2.75) is 31.1 Å². The van der Waals surface area contributed by atoms with Crippen molar-refractivity contribution in [3.05, 3.63) is 12.1 Å². The molecule has 1 aromatic rings. The summed E-state index contributed by atoms with van der Waals surface area (Å²) < 4.78 is 5.56. The van der Waals surface area contributed by atoms with Crippen molar-refractivity contribution in [3.8, 4) is 5.75 Å². The largest absolute Gasteiger partial charge is 0.495 e. The lowest BCUT2D eigenvalue weighted by Gasteiger charge is -2.24. The summed E-state index contributed by atoms with van der Waals surface area (Å²) in [7, 11) is 3.48. The Kier molecular flexibility index (Phi) is 5.79. The lowest BCUT2D eigenvalue weighted by Crippen LogP contribution is -2.20. The van der Waals surface area contributed by atoms with Gasteiger partial charge in [0.25, 0.3) is 0 Å². The third-order valence-electron chi connectivity index (χ3n) is 3.71. The van der Waals surface area contributed by atoms with E-state index >= 15 is 0 Å². The maximum absolute atomic E-state index is 11.1. The first kappa shape index (κ1) is 16.0. The van der Waals surface area contributed by atoms with Crippen molar-refractivity contribution in [2.24, 2.45) is 0 Å². The fourth-order valence-corrected chi connectivity index (χ4v) is 3.54. The van der Waals surface area contributed by atoms with Crippen molar-refractivity contribution in [2.75, 3.05) is 42.8 Å². The van der Waals surface area contributed by atoms with Gasteiger partial charge in [-0.15, -0.1) is 11.8 Å². The molecule has 0 radical (unpaired) electrons. The Labute approximate surface area is 131 Å². The van der Waals surface area contributed by atoms with E-state index in [4.69, 9.17) is 4.74 Å². The summed E-state index contributed by atoms with van der Waals surface area (Å²) in [5.41, 5.74) is 2.07. The summed E-state index contributed by atoms with van der Waals surface area (Å²) in [5.74, 6) is 1.90. The van der Waals surface area contributed by atoms with Gasteiger partial charge in [0.1, 0.15) is 5.75 Å². The van der Waals surface area contributed by atoms with Gasteiger partial charge in [-0.2, -0.15) is 0 Å². The topological polar surface area (TPSA) is 32.8 Å². The molecule has 0 bridgehead atoms. The molecule has 1 aromatic carbocycles. The van der Waals surface area contributed by atoms with Crippen molar-refractivity contribution in [3.63, 3.8) is 0 Å². The average Bonchev–Trinajstić information content (AvgIpc) is 3.05. The Morgan fingerprint density at radius 3 is 2.67 bits per heavy atom. The number of carbonyl (C=O) groups excluding carboxylic acids is 1. The molecule has 0 unspecified atom stereocenters. The first-order valence-corrected chi connectivity index (χ1v) is 8.47. The lowest BCUT2D eigenvalue weighted by molar-refractivity contribution is -0.107. The second kappa shape index (κ2) is 7.59. The molecule has 116 valence electrons. The van der Waals surface area contributed by atoms with Crippen molar-refractivity contribution < 1.29 is 9.53 Å². The summed E-state index contributed by atoms with van der Waals surface area (Å²) in [6.45, 7) is 4.33. The molecular weight excluding hydrogens is 284 g/mol. The van der Waals surface area contributed by atoms with E-state index in [-0.39, 0.29) is 0 Å². The molecule has 21 heavy (non-hydrogen) atoms. The summed E-state index contributed by atoms with van der Waals surface area (Å²) >= 11 is 1.80. The number of rotatable bonds is 7. The van der Waals surface area contributed by atoms with Crippen LogP contribution < -0.4 is 14.5 Å². The van der Waals surface area contributed by atoms with E-state index in [0.29, 0.717) is 0 Å². The number of thioether (sulfide) groups is 1. The SMILES string of the molecule is CCCSc1cc(N2CCCC2)c(OC)cc1N(C)C=O. The van der Waals surface area contributed by atoms with Crippen LogP contribution in [-0.2, 0) is 4.79 Å². The number of nitrogens with zero attached hydrogens (tertiary/aromatic N) is 2. The second-order valence-electron chi connectivity index (χ2n) is 5.25. The standard InChI is InChI=1S/C16H24N2O2S/c1-4-9-21-16-11-13(18-7-5-6-8-18)15(20-3)10-14(16)17(2)12-19/h10-12H,4-9H2,1-3H3. The number of anilines is 2. The van der Waals surface area contributed by atoms with Crippen LogP contribution in [0.2, 0.25) is 0 Å². The Morgan fingerprint density at radius 2 is 2.10 bits per heavy atom. The van der Waals surface area contributed by atoms with Gasteiger partial charge in [-0.3, -0.25) is 4.79 Å². The number of amides is 1. The Morgan fingerprint density at radius 1 is 1.38 bits per heavy atom. The average molecular weight is 308 g/mol. The van der Waals surface area contributed by atoms with E-state index in [2.05, 4.69) is 17.9 Å². The van der Waals surface area contributed by atoms with E-state index in [0.717, 1.165) is 53.7 Å². The van der Waals surface area contributed by atoms with Gasteiger partial charge in [0.2, 0.25) is 6.41 Å². The third kappa shape index (κ3) is 3.64.